The van der Waals surface area contributed by atoms with E-state index in [0.29, 0.717) is 5.56 Å². The van der Waals surface area contributed by atoms with Crippen molar-refractivity contribution in [3.05, 3.63) is 35.4 Å². The van der Waals surface area contributed by atoms with Gasteiger partial charge in [0, 0.05) is 5.56 Å². The predicted molar refractivity (Wildman–Crippen MR) is 55.3 cm³/mol. The molecule has 2 rings (SSSR count). The highest BCUT2D eigenvalue weighted by molar-refractivity contribution is 6.59. The van der Waals surface area contributed by atoms with E-state index in [-0.39, 0.29) is 16.9 Å². The second kappa shape index (κ2) is 3.90. The number of nitrogens with zero attached hydrogens (tertiary/aromatic N) is 1. The topological polar surface area (TPSA) is 37.4 Å². The molecule has 0 aliphatic carbocycles. The van der Waals surface area contributed by atoms with Gasteiger partial charge in [0.2, 0.25) is 5.91 Å². The zero-order valence-electron chi connectivity index (χ0n) is 8.70. The van der Waals surface area contributed by atoms with Crippen molar-refractivity contribution in [1.29, 1.82) is 0 Å². The fraction of sp³-hybridized carbons (Fsp3) is 0.200. The van der Waals surface area contributed by atoms with Crippen LogP contribution in [0.3, 0.4) is 0 Å². The fourth-order valence-electron chi connectivity index (χ4n) is 1.79. The van der Waals surface area contributed by atoms with Gasteiger partial charge in [0.25, 0.3) is 5.91 Å². The van der Waals surface area contributed by atoms with Crippen LogP contribution < -0.4 is 0 Å². The fourth-order valence-corrected chi connectivity index (χ4v) is 1.79. The van der Waals surface area contributed by atoms with E-state index in [1.54, 1.807) is 18.2 Å². The first-order valence-electron chi connectivity index (χ1n) is 5.02. The van der Waals surface area contributed by atoms with Crippen molar-refractivity contribution in [2.75, 3.05) is 6.44 Å². The van der Waals surface area contributed by atoms with Gasteiger partial charge in [0.1, 0.15) is 0 Å². The molecule has 0 spiro atoms. The van der Waals surface area contributed by atoms with Crippen molar-refractivity contribution in [3.63, 3.8) is 0 Å². The molecule has 1 aromatic carbocycles. The van der Waals surface area contributed by atoms with Gasteiger partial charge in [-0.2, -0.15) is 0 Å². The Morgan fingerprint density at radius 3 is 2.47 bits per heavy atom. The molecule has 3 nitrogen and oxygen atoms in total. The Balaban J connectivity index is 2.34. The molecule has 0 unspecified atom stereocenters. The van der Waals surface area contributed by atoms with Crippen LogP contribution in [0.25, 0.3) is 0 Å². The van der Waals surface area contributed by atoms with Gasteiger partial charge in [-0.25, -0.2) is 0 Å². The molecule has 0 aromatic heterocycles. The maximum absolute atomic E-state index is 12.3. The summed E-state index contributed by atoms with van der Waals surface area (Å²) in [5.74, 6) is -1.66. The molecule has 0 saturated heterocycles. The lowest BCUT2D eigenvalue weighted by molar-refractivity contribution is -0.128. The van der Waals surface area contributed by atoms with Crippen LogP contribution in [0.1, 0.15) is 15.9 Å². The maximum Gasteiger partial charge on any atom is 0.497 e. The minimum absolute atomic E-state index is 0.159. The van der Waals surface area contributed by atoms with Crippen LogP contribution in [0.15, 0.2) is 24.3 Å². The van der Waals surface area contributed by atoms with Gasteiger partial charge in [-0.15, -0.1) is 0 Å². The molecule has 0 fully saturated rings. The van der Waals surface area contributed by atoms with E-state index in [2.05, 4.69) is 0 Å². The molecular formula is C10H8BF3NO2-. The lowest BCUT2D eigenvalue weighted by Gasteiger charge is -2.30. The molecule has 0 radical (unpaired) electrons. The molecule has 1 aliphatic heterocycles. The van der Waals surface area contributed by atoms with Crippen LogP contribution in [-0.2, 0) is 11.2 Å². The maximum atomic E-state index is 12.3. The quantitative estimate of drug-likeness (QED) is 0.583. The van der Waals surface area contributed by atoms with Crippen LogP contribution >= 0.6 is 0 Å². The van der Waals surface area contributed by atoms with Crippen molar-refractivity contribution in [2.24, 2.45) is 0 Å². The first-order valence-corrected chi connectivity index (χ1v) is 5.02. The summed E-state index contributed by atoms with van der Waals surface area (Å²) < 4.78 is 36.8. The Morgan fingerprint density at radius 2 is 1.82 bits per heavy atom. The number of halogens is 3. The molecule has 0 bridgehead atoms. The Labute approximate surface area is 95.3 Å². The summed E-state index contributed by atoms with van der Waals surface area (Å²) in [6.07, 6.45) is -1.62. The second-order valence-corrected chi connectivity index (χ2v) is 3.85. The van der Waals surface area contributed by atoms with Crippen molar-refractivity contribution < 1.29 is 22.5 Å². The number of fused-ring (bicyclic) bond motifs is 1. The molecule has 0 saturated carbocycles. The highest BCUT2D eigenvalue weighted by Crippen LogP contribution is 2.22. The molecule has 1 aromatic rings. The lowest BCUT2D eigenvalue weighted by atomic mass is 9.88. The summed E-state index contributed by atoms with van der Waals surface area (Å²) in [5, 5.41) is 0. The summed E-state index contributed by atoms with van der Waals surface area (Å²) >= 11 is 0. The van der Waals surface area contributed by atoms with E-state index in [0.717, 1.165) is 0 Å². The highest BCUT2D eigenvalue weighted by Gasteiger charge is 2.36. The molecule has 90 valence electrons. The number of carbonyl (C=O) groups is 2. The molecule has 2 amide bonds. The van der Waals surface area contributed by atoms with Gasteiger partial charge >= 0.3 is 6.98 Å². The second-order valence-electron chi connectivity index (χ2n) is 3.85. The lowest BCUT2D eigenvalue weighted by Crippen LogP contribution is -2.48. The number of amides is 2. The third-order valence-electron chi connectivity index (χ3n) is 2.53. The zero-order chi connectivity index (χ0) is 12.6. The standard InChI is InChI=1S/C10H8BF3NO2/c12-11(13,14)6-15-9(16)5-7-3-1-2-4-8(7)10(15)17/h1-4H,5-6H2/q-1. The Kier molecular flexibility index (Phi) is 2.69. The van der Waals surface area contributed by atoms with E-state index in [9.17, 15) is 22.5 Å². The summed E-state index contributed by atoms with van der Waals surface area (Å²) in [4.78, 5) is 23.5. The number of rotatable bonds is 2. The molecular weight excluding hydrogens is 234 g/mol. The molecule has 7 heteroatoms. The largest absolute Gasteiger partial charge is 0.497 e. The molecule has 17 heavy (non-hydrogen) atoms. The van der Waals surface area contributed by atoms with Gasteiger partial charge in [-0.3, -0.25) is 9.59 Å². The first-order chi connectivity index (χ1) is 7.88. The van der Waals surface area contributed by atoms with Gasteiger partial charge in [-0.1, -0.05) is 18.2 Å². The number of hydrogen-bond acceptors (Lipinski definition) is 2. The first kappa shape index (κ1) is 11.7. The van der Waals surface area contributed by atoms with Crippen LogP contribution in [0.4, 0.5) is 12.9 Å². The van der Waals surface area contributed by atoms with Gasteiger partial charge < -0.3 is 17.8 Å². The normalized spacial score (nSPS) is 16.1. The van der Waals surface area contributed by atoms with E-state index >= 15 is 0 Å². The van der Waals surface area contributed by atoms with Gasteiger partial charge in [-0.05, 0) is 18.1 Å². The number of imide groups is 1. The molecule has 1 aliphatic rings. The van der Waals surface area contributed by atoms with Gasteiger partial charge in [0.05, 0.1) is 6.42 Å². The Bertz CT molecular complexity index is 487. The minimum atomic E-state index is -5.20. The Hall–Kier alpha value is -1.79. The average molecular weight is 242 g/mol. The summed E-state index contributed by atoms with van der Waals surface area (Å²) in [7, 11) is 0. The third kappa shape index (κ3) is 2.32. The van der Waals surface area contributed by atoms with Crippen LogP contribution in [-0.4, -0.2) is 30.1 Å². The average Bonchev–Trinajstić information content (AvgIpc) is 2.23. The van der Waals surface area contributed by atoms with Crippen molar-refractivity contribution in [2.45, 2.75) is 6.42 Å². The van der Waals surface area contributed by atoms with E-state index < -0.39 is 25.2 Å². The van der Waals surface area contributed by atoms with Crippen LogP contribution in [0.2, 0.25) is 0 Å². The predicted octanol–water partition coefficient (Wildman–Crippen LogP) is 1.60. The van der Waals surface area contributed by atoms with E-state index in [1.165, 1.54) is 6.07 Å². The molecule has 0 N–H and O–H groups in total. The Morgan fingerprint density at radius 1 is 1.18 bits per heavy atom. The van der Waals surface area contributed by atoms with E-state index in [1.807, 2.05) is 0 Å². The summed E-state index contributed by atoms with van der Waals surface area (Å²) in [5.41, 5.74) is 0.653. The van der Waals surface area contributed by atoms with Crippen LogP contribution in [0.5, 0.6) is 0 Å². The SMILES string of the molecule is O=C1Cc2ccccc2C(=O)N1C[B-](F)(F)F. The van der Waals surface area contributed by atoms with Crippen molar-refractivity contribution in [3.8, 4) is 0 Å². The monoisotopic (exact) mass is 242 g/mol. The third-order valence-corrected chi connectivity index (χ3v) is 2.53. The molecule has 1 heterocycles. The highest BCUT2D eigenvalue weighted by atomic mass is 19.4. The van der Waals surface area contributed by atoms with Crippen LogP contribution in [0, 0.1) is 0 Å². The minimum Gasteiger partial charge on any atom is -0.448 e. The number of carbonyl (C=O) groups excluding carboxylic acids is 2. The van der Waals surface area contributed by atoms with E-state index in [4.69, 9.17) is 0 Å². The zero-order valence-corrected chi connectivity index (χ0v) is 8.70. The van der Waals surface area contributed by atoms with Gasteiger partial charge in [0.15, 0.2) is 0 Å². The molecule has 0 atom stereocenters. The van der Waals surface area contributed by atoms with Crippen molar-refractivity contribution in [1.82, 2.24) is 4.90 Å². The van der Waals surface area contributed by atoms with Crippen molar-refractivity contribution >= 4 is 18.8 Å². The smallest absolute Gasteiger partial charge is 0.448 e. The summed E-state index contributed by atoms with van der Waals surface area (Å²) in [6, 6.07) is 6.20. The number of hydrogen-bond donors (Lipinski definition) is 0. The summed E-state index contributed by atoms with van der Waals surface area (Å²) in [6.45, 7) is -5.20. The number of benzene rings is 1.